The van der Waals surface area contributed by atoms with E-state index in [4.69, 9.17) is 0 Å². The first-order valence-electron chi connectivity index (χ1n) is 10.1. The van der Waals surface area contributed by atoms with E-state index < -0.39 is 11.6 Å². The van der Waals surface area contributed by atoms with Crippen molar-refractivity contribution in [2.75, 3.05) is 30.3 Å². The van der Waals surface area contributed by atoms with Crippen molar-refractivity contribution >= 4 is 29.3 Å². The lowest BCUT2D eigenvalue weighted by Crippen LogP contribution is -2.38. The van der Waals surface area contributed by atoms with Gasteiger partial charge in [-0.2, -0.15) is 11.8 Å². The molecule has 2 amide bonds. The number of amides is 2. The number of thioether (sulfide) groups is 1. The molecule has 2 heterocycles. The molecule has 4 rings (SSSR count). The van der Waals surface area contributed by atoms with Gasteiger partial charge in [-0.15, -0.1) is 0 Å². The fourth-order valence-electron chi connectivity index (χ4n) is 4.11. The number of anilines is 1. The maximum Gasteiger partial charge on any atom is 0.228 e. The topological polar surface area (TPSA) is 40.6 Å². The minimum atomic E-state index is -0.454. The summed E-state index contributed by atoms with van der Waals surface area (Å²) in [5.74, 6) is -0.658. The number of nitrogens with zero attached hydrogens (tertiary/aromatic N) is 2. The summed E-state index contributed by atoms with van der Waals surface area (Å²) in [6, 6.07) is 11.2. The first-order chi connectivity index (χ1) is 14.4. The van der Waals surface area contributed by atoms with Gasteiger partial charge in [0, 0.05) is 48.3 Å². The number of benzene rings is 2. The molecule has 2 aliphatic rings. The average molecular weight is 431 g/mol. The number of hydrogen-bond acceptors (Lipinski definition) is 3. The zero-order valence-electron chi connectivity index (χ0n) is 16.8. The fraction of sp³-hybridized carbons (Fsp3) is 0.391. The van der Waals surface area contributed by atoms with Crippen LogP contribution in [0.4, 0.5) is 14.5 Å². The Morgan fingerprint density at radius 2 is 1.87 bits per heavy atom. The van der Waals surface area contributed by atoms with Crippen LogP contribution in [0, 0.1) is 24.5 Å². The van der Waals surface area contributed by atoms with Crippen molar-refractivity contribution in [3.05, 3.63) is 65.2 Å². The number of rotatable bonds is 3. The zero-order valence-corrected chi connectivity index (χ0v) is 17.6. The Bertz CT molecular complexity index is 951. The van der Waals surface area contributed by atoms with Crippen LogP contribution in [0.5, 0.6) is 0 Å². The molecule has 2 aromatic rings. The highest BCUT2D eigenvalue weighted by Gasteiger charge is 2.37. The van der Waals surface area contributed by atoms with Crippen LogP contribution in [0.1, 0.15) is 29.2 Å². The van der Waals surface area contributed by atoms with Crippen LogP contribution < -0.4 is 4.90 Å². The van der Waals surface area contributed by atoms with Gasteiger partial charge < -0.3 is 9.80 Å². The average Bonchev–Trinajstić information content (AvgIpc) is 2.96. The Balaban J connectivity index is 1.41. The molecular formula is C23H24F2N2O2S. The van der Waals surface area contributed by atoms with Crippen LogP contribution >= 0.6 is 11.8 Å². The molecule has 158 valence electrons. The second-order valence-electron chi connectivity index (χ2n) is 7.88. The molecule has 0 bridgehead atoms. The van der Waals surface area contributed by atoms with Gasteiger partial charge in [-0.3, -0.25) is 9.59 Å². The van der Waals surface area contributed by atoms with Crippen LogP contribution in [0.2, 0.25) is 0 Å². The predicted molar refractivity (Wildman–Crippen MR) is 114 cm³/mol. The lowest BCUT2D eigenvalue weighted by atomic mass is 10.1. The summed E-state index contributed by atoms with van der Waals surface area (Å²) in [6.45, 7) is 3.39. The molecule has 2 fully saturated rings. The number of aryl methyl sites for hydroxylation is 1. The smallest absolute Gasteiger partial charge is 0.228 e. The molecule has 7 heteroatoms. The van der Waals surface area contributed by atoms with Gasteiger partial charge >= 0.3 is 0 Å². The number of carbonyl (C=O) groups is 2. The van der Waals surface area contributed by atoms with Crippen LogP contribution in [0.3, 0.4) is 0 Å². The van der Waals surface area contributed by atoms with Gasteiger partial charge in [0.25, 0.3) is 0 Å². The van der Waals surface area contributed by atoms with Crippen LogP contribution in [0.25, 0.3) is 0 Å². The molecule has 2 aliphatic heterocycles. The summed E-state index contributed by atoms with van der Waals surface area (Å²) in [7, 11) is 0. The van der Waals surface area contributed by atoms with E-state index >= 15 is 0 Å². The first kappa shape index (κ1) is 20.8. The minimum absolute atomic E-state index is 0.0288. The standard InChI is InChI=1S/C23H24F2N2O2S/c1-15-2-5-18(6-3-15)27-14-16(12-22(27)28)23(29)26-9-8-21(30-11-10-26)19-13-17(24)4-7-20(19)25/h2-7,13,16,21H,8-12,14H2,1H3. The molecule has 2 unspecified atom stereocenters. The molecule has 2 atom stereocenters. The Morgan fingerprint density at radius 1 is 1.10 bits per heavy atom. The van der Waals surface area contributed by atoms with E-state index in [1.54, 1.807) is 21.6 Å². The first-order valence-corrected chi connectivity index (χ1v) is 11.2. The van der Waals surface area contributed by atoms with E-state index in [1.807, 2.05) is 31.2 Å². The molecule has 30 heavy (non-hydrogen) atoms. The van der Waals surface area contributed by atoms with Crippen molar-refractivity contribution < 1.29 is 18.4 Å². The maximum absolute atomic E-state index is 14.2. The second-order valence-corrected chi connectivity index (χ2v) is 9.19. The number of carbonyl (C=O) groups excluding carboxylic acids is 2. The lowest BCUT2D eigenvalue weighted by Gasteiger charge is -2.24. The van der Waals surface area contributed by atoms with Crippen molar-refractivity contribution in [3.8, 4) is 0 Å². The van der Waals surface area contributed by atoms with E-state index in [0.29, 0.717) is 37.4 Å². The minimum Gasteiger partial charge on any atom is -0.342 e. The lowest BCUT2D eigenvalue weighted by molar-refractivity contribution is -0.135. The molecule has 0 N–H and O–H groups in total. The van der Waals surface area contributed by atoms with Crippen molar-refractivity contribution in [3.63, 3.8) is 0 Å². The van der Waals surface area contributed by atoms with E-state index in [-0.39, 0.29) is 29.4 Å². The summed E-state index contributed by atoms with van der Waals surface area (Å²) in [5, 5.41) is -0.187. The van der Waals surface area contributed by atoms with E-state index in [1.165, 1.54) is 6.07 Å². The fourth-order valence-corrected chi connectivity index (χ4v) is 5.35. The van der Waals surface area contributed by atoms with E-state index in [0.717, 1.165) is 23.4 Å². The summed E-state index contributed by atoms with van der Waals surface area (Å²) in [6.07, 6.45) is 0.761. The molecule has 0 saturated carbocycles. The van der Waals surface area contributed by atoms with E-state index in [2.05, 4.69) is 0 Å². The monoisotopic (exact) mass is 430 g/mol. The largest absolute Gasteiger partial charge is 0.342 e. The molecule has 0 radical (unpaired) electrons. The van der Waals surface area contributed by atoms with Gasteiger partial charge in [-0.25, -0.2) is 8.78 Å². The molecule has 2 aromatic carbocycles. The third kappa shape index (κ3) is 4.36. The Morgan fingerprint density at radius 3 is 2.63 bits per heavy atom. The van der Waals surface area contributed by atoms with Crippen molar-refractivity contribution in [1.29, 1.82) is 0 Å². The third-order valence-corrected chi connectivity index (χ3v) is 7.09. The normalized spacial score (nSPS) is 22.3. The van der Waals surface area contributed by atoms with E-state index in [9.17, 15) is 18.4 Å². The highest BCUT2D eigenvalue weighted by Crippen LogP contribution is 2.37. The Hall–Kier alpha value is -2.41. The maximum atomic E-state index is 14.2. The summed E-state index contributed by atoms with van der Waals surface area (Å²) >= 11 is 1.55. The van der Waals surface area contributed by atoms with Crippen LogP contribution in [-0.2, 0) is 9.59 Å². The van der Waals surface area contributed by atoms with Gasteiger partial charge in [0.15, 0.2) is 0 Å². The van der Waals surface area contributed by atoms with Gasteiger partial charge in [-0.1, -0.05) is 17.7 Å². The summed E-state index contributed by atoms with van der Waals surface area (Å²) < 4.78 is 27.7. The quantitative estimate of drug-likeness (QED) is 0.728. The van der Waals surface area contributed by atoms with Crippen molar-refractivity contribution in [2.45, 2.75) is 25.0 Å². The van der Waals surface area contributed by atoms with Crippen molar-refractivity contribution in [2.24, 2.45) is 5.92 Å². The highest BCUT2D eigenvalue weighted by molar-refractivity contribution is 7.99. The van der Waals surface area contributed by atoms with Gasteiger partial charge in [0.1, 0.15) is 11.6 Å². The second kappa shape index (κ2) is 8.76. The van der Waals surface area contributed by atoms with Gasteiger partial charge in [-0.05, 0) is 43.7 Å². The van der Waals surface area contributed by atoms with Gasteiger partial charge in [0.2, 0.25) is 11.8 Å². The number of halogens is 2. The predicted octanol–water partition coefficient (Wildman–Crippen LogP) is 4.33. The SMILES string of the molecule is Cc1ccc(N2CC(C(=O)N3CCSC(c4cc(F)ccc4F)CC3)CC2=O)cc1. The Kier molecular flexibility index (Phi) is 6.09. The third-order valence-electron chi connectivity index (χ3n) is 5.78. The molecule has 4 nitrogen and oxygen atoms in total. The summed E-state index contributed by atoms with van der Waals surface area (Å²) in [5.41, 5.74) is 2.29. The molecule has 2 saturated heterocycles. The number of hydrogen-bond donors (Lipinski definition) is 0. The highest BCUT2D eigenvalue weighted by atomic mass is 32.2. The zero-order chi connectivity index (χ0) is 21.3. The van der Waals surface area contributed by atoms with Crippen LogP contribution in [-0.4, -0.2) is 42.1 Å². The van der Waals surface area contributed by atoms with Gasteiger partial charge in [0.05, 0.1) is 5.92 Å². The molecule has 0 aromatic heterocycles. The van der Waals surface area contributed by atoms with Crippen LogP contribution in [0.15, 0.2) is 42.5 Å². The molecular weight excluding hydrogens is 406 g/mol. The molecule has 0 aliphatic carbocycles. The molecule has 0 spiro atoms. The Labute approximate surface area is 179 Å². The summed E-state index contributed by atoms with van der Waals surface area (Å²) in [4.78, 5) is 29.1. The van der Waals surface area contributed by atoms with Crippen molar-refractivity contribution in [1.82, 2.24) is 4.90 Å².